The molecular formula is C8H13N3. The average molecular weight is 151 g/mol. The SMILES string of the molecule is Cc1nn(C)c2c1CC[C@@H]2N. The van der Waals surface area contributed by atoms with E-state index in [4.69, 9.17) is 5.73 Å². The molecule has 1 atom stereocenters. The maximum atomic E-state index is 5.90. The van der Waals surface area contributed by atoms with Crippen LogP contribution in [-0.2, 0) is 13.5 Å². The Morgan fingerprint density at radius 3 is 3.00 bits per heavy atom. The fourth-order valence-electron chi connectivity index (χ4n) is 1.93. The molecule has 1 heterocycles. The summed E-state index contributed by atoms with van der Waals surface area (Å²) >= 11 is 0. The van der Waals surface area contributed by atoms with Gasteiger partial charge in [0.25, 0.3) is 0 Å². The van der Waals surface area contributed by atoms with Gasteiger partial charge in [-0.25, -0.2) is 0 Å². The van der Waals surface area contributed by atoms with Crippen LogP contribution < -0.4 is 5.73 Å². The third kappa shape index (κ3) is 0.807. The van der Waals surface area contributed by atoms with Crippen LogP contribution >= 0.6 is 0 Å². The second kappa shape index (κ2) is 2.08. The van der Waals surface area contributed by atoms with Gasteiger partial charge in [-0.15, -0.1) is 0 Å². The summed E-state index contributed by atoms with van der Waals surface area (Å²) in [6, 6.07) is 0.219. The summed E-state index contributed by atoms with van der Waals surface area (Å²) in [7, 11) is 1.97. The highest BCUT2D eigenvalue weighted by molar-refractivity contribution is 5.32. The number of hydrogen-bond donors (Lipinski definition) is 1. The van der Waals surface area contributed by atoms with Crippen molar-refractivity contribution in [3.05, 3.63) is 17.0 Å². The summed E-state index contributed by atoms with van der Waals surface area (Å²) in [5.74, 6) is 0. The zero-order chi connectivity index (χ0) is 8.01. The molecule has 0 saturated carbocycles. The molecule has 1 aliphatic rings. The molecule has 0 aliphatic heterocycles. The van der Waals surface area contributed by atoms with Gasteiger partial charge in [0.05, 0.1) is 11.4 Å². The largest absolute Gasteiger partial charge is 0.323 e. The van der Waals surface area contributed by atoms with E-state index in [9.17, 15) is 0 Å². The van der Waals surface area contributed by atoms with Gasteiger partial charge in [0.1, 0.15) is 0 Å². The topological polar surface area (TPSA) is 43.8 Å². The van der Waals surface area contributed by atoms with Gasteiger partial charge in [-0.1, -0.05) is 0 Å². The van der Waals surface area contributed by atoms with Crippen LogP contribution in [0.3, 0.4) is 0 Å². The van der Waals surface area contributed by atoms with Gasteiger partial charge in [-0.05, 0) is 25.3 Å². The molecule has 0 saturated heterocycles. The van der Waals surface area contributed by atoms with Crippen molar-refractivity contribution in [1.82, 2.24) is 9.78 Å². The molecule has 1 aliphatic carbocycles. The minimum atomic E-state index is 0.219. The maximum Gasteiger partial charge on any atom is 0.0629 e. The smallest absolute Gasteiger partial charge is 0.0629 e. The van der Waals surface area contributed by atoms with Crippen LogP contribution in [0.1, 0.15) is 29.4 Å². The molecule has 2 rings (SSSR count). The Morgan fingerprint density at radius 1 is 1.64 bits per heavy atom. The molecule has 1 aromatic rings. The first-order valence-electron chi connectivity index (χ1n) is 3.98. The Balaban J connectivity index is 2.60. The number of rotatable bonds is 0. The number of hydrogen-bond acceptors (Lipinski definition) is 2. The van der Waals surface area contributed by atoms with Gasteiger partial charge in [0, 0.05) is 13.1 Å². The van der Waals surface area contributed by atoms with Crippen LogP contribution in [0.5, 0.6) is 0 Å². The first-order valence-corrected chi connectivity index (χ1v) is 3.98. The van der Waals surface area contributed by atoms with Crippen molar-refractivity contribution in [3.63, 3.8) is 0 Å². The molecule has 11 heavy (non-hydrogen) atoms. The van der Waals surface area contributed by atoms with E-state index >= 15 is 0 Å². The second-order valence-corrected chi connectivity index (χ2v) is 3.22. The van der Waals surface area contributed by atoms with Crippen LogP contribution in [0, 0.1) is 6.92 Å². The summed E-state index contributed by atoms with van der Waals surface area (Å²) in [5, 5.41) is 4.32. The molecule has 60 valence electrons. The quantitative estimate of drug-likeness (QED) is 0.592. The molecule has 2 N–H and O–H groups in total. The highest BCUT2D eigenvalue weighted by Crippen LogP contribution is 2.30. The minimum Gasteiger partial charge on any atom is -0.323 e. The Hall–Kier alpha value is -0.830. The van der Waals surface area contributed by atoms with E-state index in [1.54, 1.807) is 0 Å². The zero-order valence-corrected chi connectivity index (χ0v) is 6.96. The van der Waals surface area contributed by atoms with Gasteiger partial charge in [-0.2, -0.15) is 5.10 Å². The van der Waals surface area contributed by atoms with Crippen LogP contribution in [0.4, 0.5) is 0 Å². The predicted molar refractivity (Wildman–Crippen MR) is 43.2 cm³/mol. The average Bonchev–Trinajstić information content (AvgIpc) is 2.41. The molecule has 0 unspecified atom stereocenters. The molecule has 0 fully saturated rings. The Morgan fingerprint density at radius 2 is 2.36 bits per heavy atom. The van der Waals surface area contributed by atoms with Gasteiger partial charge < -0.3 is 5.73 Å². The third-order valence-corrected chi connectivity index (χ3v) is 2.45. The lowest BCUT2D eigenvalue weighted by atomic mass is 10.2. The Bertz CT molecular complexity index is 288. The van der Waals surface area contributed by atoms with Crippen LogP contribution in [0.2, 0.25) is 0 Å². The summed E-state index contributed by atoms with van der Waals surface area (Å²) in [5.41, 5.74) is 9.66. The fourth-order valence-corrected chi connectivity index (χ4v) is 1.93. The zero-order valence-electron chi connectivity index (χ0n) is 6.96. The van der Waals surface area contributed by atoms with E-state index in [1.165, 1.54) is 11.3 Å². The summed E-state index contributed by atoms with van der Waals surface area (Å²) in [4.78, 5) is 0. The highest BCUT2D eigenvalue weighted by Gasteiger charge is 2.25. The van der Waals surface area contributed by atoms with Crippen LogP contribution in [-0.4, -0.2) is 9.78 Å². The summed E-state index contributed by atoms with van der Waals surface area (Å²) in [6.07, 6.45) is 2.19. The number of aryl methyl sites for hydroxylation is 2. The lowest BCUT2D eigenvalue weighted by molar-refractivity contribution is 0.616. The summed E-state index contributed by atoms with van der Waals surface area (Å²) in [6.45, 7) is 2.05. The van der Waals surface area contributed by atoms with E-state index in [-0.39, 0.29) is 6.04 Å². The lowest BCUT2D eigenvalue weighted by Gasteiger charge is -2.03. The van der Waals surface area contributed by atoms with Crippen molar-refractivity contribution < 1.29 is 0 Å². The van der Waals surface area contributed by atoms with Gasteiger partial charge >= 0.3 is 0 Å². The molecule has 0 radical (unpaired) electrons. The number of nitrogens with two attached hydrogens (primary N) is 1. The van der Waals surface area contributed by atoms with Crippen molar-refractivity contribution in [2.45, 2.75) is 25.8 Å². The highest BCUT2D eigenvalue weighted by atomic mass is 15.3. The van der Waals surface area contributed by atoms with Gasteiger partial charge in [0.15, 0.2) is 0 Å². The van der Waals surface area contributed by atoms with Gasteiger partial charge in [-0.3, -0.25) is 4.68 Å². The fraction of sp³-hybridized carbons (Fsp3) is 0.625. The van der Waals surface area contributed by atoms with Crippen molar-refractivity contribution >= 4 is 0 Å². The maximum absolute atomic E-state index is 5.90. The van der Waals surface area contributed by atoms with Crippen molar-refractivity contribution in [2.24, 2.45) is 12.8 Å². The number of aromatic nitrogens is 2. The van der Waals surface area contributed by atoms with Crippen molar-refractivity contribution in [2.75, 3.05) is 0 Å². The Labute approximate surface area is 66.2 Å². The standard InChI is InChI=1S/C8H13N3/c1-5-6-3-4-7(9)8(6)11(2)10-5/h7H,3-4,9H2,1-2H3/t7-/m0/s1. The monoisotopic (exact) mass is 151 g/mol. The second-order valence-electron chi connectivity index (χ2n) is 3.22. The number of fused-ring (bicyclic) bond motifs is 1. The van der Waals surface area contributed by atoms with E-state index in [0.29, 0.717) is 0 Å². The molecule has 0 aromatic carbocycles. The normalized spacial score (nSPS) is 22.3. The molecule has 3 heteroatoms. The van der Waals surface area contributed by atoms with Gasteiger partial charge in [0.2, 0.25) is 0 Å². The minimum absolute atomic E-state index is 0.219. The molecule has 0 spiro atoms. The molecule has 0 amide bonds. The molecule has 3 nitrogen and oxygen atoms in total. The van der Waals surface area contributed by atoms with Crippen LogP contribution in [0.25, 0.3) is 0 Å². The first-order chi connectivity index (χ1) is 5.20. The molecule has 0 bridgehead atoms. The van der Waals surface area contributed by atoms with Crippen molar-refractivity contribution in [3.8, 4) is 0 Å². The number of nitrogens with zero attached hydrogens (tertiary/aromatic N) is 2. The van der Waals surface area contributed by atoms with E-state index < -0.39 is 0 Å². The predicted octanol–water partition coefficient (Wildman–Crippen LogP) is 0.675. The lowest BCUT2D eigenvalue weighted by Crippen LogP contribution is -2.10. The molecular weight excluding hydrogens is 138 g/mol. The van der Waals surface area contributed by atoms with E-state index in [2.05, 4.69) is 12.0 Å². The third-order valence-electron chi connectivity index (χ3n) is 2.45. The van der Waals surface area contributed by atoms with Crippen molar-refractivity contribution in [1.29, 1.82) is 0 Å². The van der Waals surface area contributed by atoms with Crippen LogP contribution in [0.15, 0.2) is 0 Å². The first kappa shape index (κ1) is 6.85. The summed E-state index contributed by atoms with van der Waals surface area (Å²) < 4.78 is 1.92. The molecule has 1 aromatic heterocycles. The Kier molecular flexibility index (Phi) is 1.29. The van der Waals surface area contributed by atoms with E-state index in [1.807, 2.05) is 11.7 Å². The van der Waals surface area contributed by atoms with E-state index in [0.717, 1.165) is 18.5 Å².